The van der Waals surface area contributed by atoms with Crippen molar-refractivity contribution in [3.63, 3.8) is 0 Å². The van der Waals surface area contributed by atoms with Gasteiger partial charge in [-0.15, -0.1) is 0 Å². The number of hydrogen-bond acceptors (Lipinski definition) is 5. The van der Waals surface area contributed by atoms with Gasteiger partial charge >= 0.3 is 11.9 Å². The Morgan fingerprint density at radius 2 is 2.10 bits per heavy atom. The highest BCUT2D eigenvalue weighted by atomic mass is 16.7. The van der Waals surface area contributed by atoms with E-state index in [0.29, 0.717) is 18.6 Å². The van der Waals surface area contributed by atoms with Crippen molar-refractivity contribution >= 4 is 11.9 Å². The van der Waals surface area contributed by atoms with E-state index in [1.165, 1.54) is 13.2 Å². The molecule has 5 heteroatoms. The van der Waals surface area contributed by atoms with E-state index in [9.17, 15) is 9.59 Å². The first-order valence-electron chi connectivity index (χ1n) is 6.78. The maximum Gasteiger partial charge on any atom is 0.337 e. The third kappa shape index (κ3) is 5.07. The van der Waals surface area contributed by atoms with Crippen molar-refractivity contribution in [3.8, 4) is 0 Å². The van der Waals surface area contributed by atoms with Crippen molar-refractivity contribution in [2.24, 2.45) is 0 Å². The molecule has 0 aromatic carbocycles. The Labute approximate surface area is 119 Å². The minimum atomic E-state index is -0.943. The van der Waals surface area contributed by atoms with E-state index < -0.39 is 11.8 Å². The molecule has 20 heavy (non-hydrogen) atoms. The smallest absolute Gasteiger partial charge is 0.337 e. The zero-order valence-corrected chi connectivity index (χ0v) is 12.5. The summed E-state index contributed by atoms with van der Waals surface area (Å²) in [6, 6.07) is 0. The van der Waals surface area contributed by atoms with Gasteiger partial charge in [-0.05, 0) is 24.8 Å². The number of unbranched alkanes of at least 4 members (excludes halogenated alkanes) is 1. The van der Waals surface area contributed by atoms with Gasteiger partial charge in [-0.2, -0.15) is 0 Å². The van der Waals surface area contributed by atoms with E-state index in [2.05, 4.69) is 4.74 Å². The second-order valence-corrected chi connectivity index (χ2v) is 4.98. The molecule has 1 aliphatic heterocycles. The van der Waals surface area contributed by atoms with Gasteiger partial charge in [-0.1, -0.05) is 13.0 Å². The third-order valence-corrected chi connectivity index (χ3v) is 2.85. The minimum absolute atomic E-state index is 0.214. The number of carbonyl (C=O) groups is 2. The topological polar surface area (TPSA) is 61.8 Å². The average Bonchev–Trinajstić information content (AvgIpc) is 2.36. The highest BCUT2D eigenvalue weighted by molar-refractivity contribution is 5.84. The average molecular weight is 282 g/mol. The van der Waals surface area contributed by atoms with Crippen LogP contribution in [0.5, 0.6) is 0 Å². The molecule has 0 aromatic heterocycles. The van der Waals surface area contributed by atoms with Gasteiger partial charge in [0.25, 0.3) is 0 Å². The van der Waals surface area contributed by atoms with Gasteiger partial charge in [0.1, 0.15) is 5.76 Å². The van der Waals surface area contributed by atoms with Crippen molar-refractivity contribution in [2.45, 2.75) is 52.2 Å². The molecule has 5 nitrogen and oxygen atoms in total. The lowest BCUT2D eigenvalue weighted by atomic mass is 10.1. The highest BCUT2D eigenvalue weighted by Gasteiger charge is 2.30. The molecule has 0 atom stereocenters. The number of rotatable bonds is 6. The maximum absolute atomic E-state index is 11.5. The maximum atomic E-state index is 11.5. The van der Waals surface area contributed by atoms with Crippen molar-refractivity contribution in [3.05, 3.63) is 23.5 Å². The first kappa shape index (κ1) is 16.3. The van der Waals surface area contributed by atoms with Gasteiger partial charge in [0, 0.05) is 20.3 Å². The second-order valence-electron chi connectivity index (χ2n) is 4.98. The SMILES string of the molecule is CC/C(=C\CCCC(=O)OC)C1=CC(=O)OC(C)(C)O1. The summed E-state index contributed by atoms with van der Waals surface area (Å²) >= 11 is 0. The van der Waals surface area contributed by atoms with Crippen LogP contribution in [-0.4, -0.2) is 24.8 Å². The predicted octanol–water partition coefficient (Wildman–Crippen LogP) is 2.86. The van der Waals surface area contributed by atoms with Crippen molar-refractivity contribution < 1.29 is 23.8 Å². The number of esters is 2. The van der Waals surface area contributed by atoms with E-state index in [0.717, 1.165) is 18.4 Å². The Morgan fingerprint density at radius 1 is 1.40 bits per heavy atom. The normalized spacial score (nSPS) is 17.9. The van der Waals surface area contributed by atoms with Gasteiger partial charge in [-0.3, -0.25) is 4.79 Å². The molecule has 0 spiro atoms. The van der Waals surface area contributed by atoms with Gasteiger partial charge in [0.15, 0.2) is 0 Å². The molecule has 0 fully saturated rings. The summed E-state index contributed by atoms with van der Waals surface area (Å²) in [5.41, 5.74) is 0.944. The van der Waals surface area contributed by atoms with Crippen LogP contribution in [-0.2, 0) is 23.8 Å². The summed E-state index contributed by atoms with van der Waals surface area (Å²) in [5, 5.41) is 0. The Bertz CT molecular complexity index is 432. The first-order valence-corrected chi connectivity index (χ1v) is 6.78. The Hall–Kier alpha value is -1.78. The quantitative estimate of drug-likeness (QED) is 0.553. The van der Waals surface area contributed by atoms with Gasteiger partial charge in [0.2, 0.25) is 5.79 Å². The fraction of sp³-hybridized carbons (Fsp3) is 0.600. The molecule has 0 saturated carbocycles. The Balaban J connectivity index is 2.65. The summed E-state index contributed by atoms with van der Waals surface area (Å²) in [6.45, 7) is 5.38. The molecular weight excluding hydrogens is 260 g/mol. The number of hydrogen-bond donors (Lipinski definition) is 0. The summed E-state index contributed by atoms with van der Waals surface area (Å²) in [5.74, 6) is -1.01. The van der Waals surface area contributed by atoms with E-state index in [1.54, 1.807) is 13.8 Å². The molecule has 0 saturated heterocycles. The summed E-state index contributed by atoms with van der Waals surface area (Å²) in [4.78, 5) is 22.5. The molecule has 0 radical (unpaired) electrons. The molecule has 0 unspecified atom stereocenters. The number of ether oxygens (including phenoxy) is 3. The summed E-state index contributed by atoms with van der Waals surface area (Å²) in [6.07, 6.45) is 5.92. The molecule has 0 N–H and O–H groups in total. The van der Waals surface area contributed by atoms with Crippen LogP contribution in [0.25, 0.3) is 0 Å². The molecule has 1 heterocycles. The van der Waals surface area contributed by atoms with Crippen LogP contribution in [0.15, 0.2) is 23.5 Å². The van der Waals surface area contributed by atoms with Crippen molar-refractivity contribution in [2.75, 3.05) is 7.11 Å². The van der Waals surface area contributed by atoms with Crippen LogP contribution in [0, 0.1) is 0 Å². The molecule has 1 rings (SSSR count). The third-order valence-electron chi connectivity index (χ3n) is 2.85. The van der Waals surface area contributed by atoms with Crippen molar-refractivity contribution in [1.29, 1.82) is 0 Å². The largest absolute Gasteiger partial charge is 0.469 e. The molecule has 0 amide bonds. The molecule has 0 aliphatic carbocycles. The fourth-order valence-corrected chi connectivity index (χ4v) is 1.90. The highest BCUT2D eigenvalue weighted by Crippen LogP contribution is 2.28. The van der Waals surface area contributed by atoms with Crippen LogP contribution >= 0.6 is 0 Å². The van der Waals surface area contributed by atoms with Crippen LogP contribution in [0.3, 0.4) is 0 Å². The zero-order valence-electron chi connectivity index (χ0n) is 12.5. The lowest BCUT2D eigenvalue weighted by Crippen LogP contribution is -2.34. The van der Waals surface area contributed by atoms with Gasteiger partial charge in [-0.25, -0.2) is 4.79 Å². The van der Waals surface area contributed by atoms with E-state index in [-0.39, 0.29) is 5.97 Å². The van der Waals surface area contributed by atoms with Crippen molar-refractivity contribution in [1.82, 2.24) is 0 Å². The fourth-order valence-electron chi connectivity index (χ4n) is 1.90. The number of carbonyl (C=O) groups excluding carboxylic acids is 2. The zero-order chi connectivity index (χ0) is 15.2. The van der Waals surface area contributed by atoms with Gasteiger partial charge < -0.3 is 14.2 Å². The monoisotopic (exact) mass is 282 g/mol. The predicted molar refractivity (Wildman–Crippen MR) is 73.6 cm³/mol. The molecule has 1 aliphatic rings. The number of allylic oxidation sites excluding steroid dienone is 2. The first-order chi connectivity index (χ1) is 9.38. The minimum Gasteiger partial charge on any atom is -0.469 e. The number of cyclic esters (lactones) is 1. The molecule has 0 bridgehead atoms. The van der Waals surface area contributed by atoms with E-state index >= 15 is 0 Å². The van der Waals surface area contributed by atoms with E-state index in [4.69, 9.17) is 9.47 Å². The molecular formula is C15H22O5. The summed E-state index contributed by atoms with van der Waals surface area (Å²) in [7, 11) is 1.38. The number of methoxy groups -OCH3 is 1. The van der Waals surface area contributed by atoms with Crippen LogP contribution in [0.2, 0.25) is 0 Å². The standard InChI is InChI=1S/C15H22O5/c1-5-11(8-6-7-9-13(16)18-4)12-10-14(17)20-15(2,3)19-12/h8,10H,5-7,9H2,1-4H3/b11-8+. The van der Waals surface area contributed by atoms with Crippen LogP contribution in [0.4, 0.5) is 0 Å². The molecule has 0 aromatic rings. The lowest BCUT2D eigenvalue weighted by Gasteiger charge is -2.31. The van der Waals surface area contributed by atoms with Gasteiger partial charge in [0.05, 0.1) is 13.2 Å². The Kier molecular flexibility index (Phi) is 5.80. The van der Waals surface area contributed by atoms with E-state index in [1.807, 2.05) is 13.0 Å². The second kappa shape index (κ2) is 7.12. The lowest BCUT2D eigenvalue weighted by molar-refractivity contribution is -0.203. The van der Waals surface area contributed by atoms with Crippen LogP contribution < -0.4 is 0 Å². The van der Waals surface area contributed by atoms with Crippen LogP contribution in [0.1, 0.15) is 46.5 Å². The Morgan fingerprint density at radius 3 is 2.65 bits per heavy atom. The summed E-state index contributed by atoms with van der Waals surface area (Å²) < 4.78 is 15.3. The molecule has 112 valence electrons.